The number of aromatic nitrogens is 2. The number of nitrogens with one attached hydrogen (secondary N) is 1. The number of aryl methyl sites for hydroxylation is 2. The smallest absolute Gasteiger partial charge is 0.478 e. The lowest BCUT2D eigenvalue weighted by atomic mass is 9.81. The number of carboxylic acid groups (broad SMARTS) is 1. The number of carbonyl (C=O) groups is 2. The molecule has 1 amide bonds. The fraction of sp³-hybridized carbons (Fsp3) is 0.400. The first kappa shape index (κ1) is 49.0. The molecule has 0 saturated carbocycles. The summed E-state index contributed by atoms with van der Waals surface area (Å²) in [7, 11) is -16.9. The summed E-state index contributed by atoms with van der Waals surface area (Å²) < 4.78 is 62.7. The molecule has 1 saturated heterocycles. The van der Waals surface area contributed by atoms with Crippen LogP contribution in [0.25, 0.3) is 5.57 Å². The molecular weight excluding hydrogens is 989 g/mol. The number of phosphoric acid groups is 3. The number of carboxylic acids is 1. The van der Waals surface area contributed by atoms with Crippen LogP contribution in [0.5, 0.6) is 11.5 Å². The lowest BCUT2D eigenvalue weighted by Crippen LogP contribution is -2.45. The molecule has 10 rings (SSSR count). The number of carbonyl (C=O) groups excluding carboxylic acids is 1. The van der Waals surface area contributed by atoms with Gasteiger partial charge >= 0.3 is 35.1 Å². The van der Waals surface area contributed by atoms with Gasteiger partial charge < -0.3 is 55.2 Å². The molecule has 4 aromatic rings. The standard InChI is InChI=1S/C45H47N6O17P3/c46-41-27(22-51(45(56)48-41)43-35(52)21-28(65-43)23-64-70(60,61)68-71(62,63)67-69(57,58)59)6-1-13-47-42(53)26-11-12-29(32(20-26)44(54)55)36-33-18-24-7-2-14-49-16-4-9-30(37(24)49)39(33)66-40-31-10-5-17-50-15-3-8-25(38(31)50)19-34(36)40/h11-12,18-20,22,28,35,43,52H,2-5,7-10,13-17,21,23H2,(H7-,46,47,48,53,54,55,56,57,58,59,60,61,62,63)/p+1/t28-,35+,43+/m0/s1. The molecule has 9 N–H and O–H groups in total. The van der Waals surface area contributed by atoms with E-state index < -0.39 is 66.1 Å². The van der Waals surface area contributed by atoms with Gasteiger partial charge in [-0.15, -0.1) is 0 Å². The number of aromatic carboxylic acids is 1. The summed E-state index contributed by atoms with van der Waals surface area (Å²) in [5.41, 5.74) is 13.0. The van der Waals surface area contributed by atoms with Crippen molar-refractivity contribution in [2.45, 2.75) is 76.2 Å². The molecule has 7 heterocycles. The van der Waals surface area contributed by atoms with E-state index >= 15 is 0 Å². The molecule has 0 aliphatic carbocycles. The van der Waals surface area contributed by atoms with Crippen molar-refractivity contribution in [1.82, 2.24) is 19.4 Å². The van der Waals surface area contributed by atoms with E-state index in [9.17, 15) is 48.1 Å². The van der Waals surface area contributed by atoms with Gasteiger partial charge in [-0.25, -0.2) is 27.9 Å². The minimum Gasteiger partial charge on any atom is -0.478 e. The van der Waals surface area contributed by atoms with Crippen LogP contribution >= 0.6 is 23.5 Å². The fourth-order valence-corrected chi connectivity index (χ4v) is 13.6. The van der Waals surface area contributed by atoms with E-state index in [1.807, 2.05) is 0 Å². The predicted octanol–water partition coefficient (Wildman–Crippen LogP) is 1.73. The molecule has 23 nitrogen and oxygen atoms in total. The summed E-state index contributed by atoms with van der Waals surface area (Å²) in [6, 6.07) is 9.00. The van der Waals surface area contributed by atoms with Crippen LogP contribution in [0.4, 0.5) is 11.5 Å². The van der Waals surface area contributed by atoms with Crippen molar-refractivity contribution in [3.05, 3.63) is 108 Å². The minimum atomic E-state index is -5.78. The number of amides is 1. The van der Waals surface area contributed by atoms with E-state index in [1.165, 1.54) is 28.2 Å². The zero-order chi connectivity index (χ0) is 50.1. The van der Waals surface area contributed by atoms with E-state index in [4.69, 9.17) is 25.0 Å². The van der Waals surface area contributed by atoms with Gasteiger partial charge in [0.15, 0.2) is 6.23 Å². The van der Waals surface area contributed by atoms with Gasteiger partial charge in [0.1, 0.15) is 36.5 Å². The lowest BCUT2D eigenvalue weighted by Gasteiger charge is -2.39. The second-order valence-electron chi connectivity index (χ2n) is 18.0. The van der Waals surface area contributed by atoms with Crippen LogP contribution in [0.2, 0.25) is 0 Å². The Morgan fingerprint density at radius 1 is 0.915 bits per heavy atom. The number of hydrogen-bond donors (Lipinski definition) is 8. The summed E-state index contributed by atoms with van der Waals surface area (Å²) in [4.78, 5) is 82.7. The molecule has 6 aliphatic rings. The first-order chi connectivity index (χ1) is 33.7. The average molecular weight is 1040 g/mol. The number of benzene rings is 3. The number of fused-ring (bicyclic) bond motifs is 4. The van der Waals surface area contributed by atoms with Crippen LogP contribution in [0, 0.1) is 11.8 Å². The largest absolute Gasteiger partial charge is 0.490 e. The molecule has 3 aromatic carbocycles. The maximum atomic E-state index is 13.7. The Morgan fingerprint density at radius 2 is 1.65 bits per heavy atom. The Balaban J connectivity index is 0.899. The summed E-state index contributed by atoms with van der Waals surface area (Å²) in [5, 5.41) is 26.3. The average Bonchev–Trinajstić information content (AvgIpc) is 3.68. The molecule has 5 atom stereocenters. The second-order valence-corrected chi connectivity index (χ2v) is 22.4. The third kappa shape index (κ3) is 9.76. The van der Waals surface area contributed by atoms with Crippen LogP contribution in [-0.4, -0.2) is 103 Å². The highest BCUT2D eigenvalue weighted by atomic mass is 31.3. The van der Waals surface area contributed by atoms with Crippen LogP contribution in [0.15, 0.2) is 41.3 Å². The van der Waals surface area contributed by atoms with Gasteiger partial charge in [0.2, 0.25) is 5.36 Å². The van der Waals surface area contributed by atoms with Crippen LogP contribution in [-0.2, 0) is 57.3 Å². The molecular formula is C45H48N6O17P3+. The lowest BCUT2D eigenvalue weighted by molar-refractivity contribution is -0.0523. The predicted molar refractivity (Wildman–Crippen MR) is 250 cm³/mol. The highest BCUT2D eigenvalue weighted by Gasteiger charge is 2.43. The third-order valence-corrected chi connectivity index (χ3v) is 17.1. The third-order valence-electron chi connectivity index (χ3n) is 13.3. The van der Waals surface area contributed by atoms with Crippen molar-refractivity contribution >= 4 is 52.4 Å². The van der Waals surface area contributed by atoms with E-state index in [-0.39, 0.29) is 35.5 Å². The Bertz CT molecular complexity index is 3360. The maximum absolute atomic E-state index is 13.7. The van der Waals surface area contributed by atoms with Crippen molar-refractivity contribution in [3.63, 3.8) is 0 Å². The maximum Gasteiger partial charge on any atom is 0.490 e. The molecule has 0 radical (unpaired) electrons. The van der Waals surface area contributed by atoms with Gasteiger partial charge in [-0.1, -0.05) is 17.9 Å². The Hall–Kier alpha value is -5.56. The molecule has 2 unspecified atom stereocenters. The molecule has 71 heavy (non-hydrogen) atoms. The number of nitrogen functional groups attached to an aromatic ring is 1. The van der Waals surface area contributed by atoms with Gasteiger partial charge in [0, 0.05) is 77.3 Å². The number of nitrogens with two attached hydrogens (primary N) is 1. The van der Waals surface area contributed by atoms with E-state index in [2.05, 4.69) is 56.9 Å². The number of ether oxygens (including phenoxy) is 2. The summed E-state index contributed by atoms with van der Waals surface area (Å²) >= 11 is 0. The zero-order valence-corrected chi connectivity index (χ0v) is 40.4. The second kappa shape index (κ2) is 18.8. The SMILES string of the molecule is Nc1nc(=O)n([C@@H]2O[C@H](COP(=O)(O)OP(=O)(O)OP(=O)(O)O)C[C@H]2O)cc1C#CCNC(=O)c1ccc(C2=c3cc4c5c(c3Oc3c2cc2c6c3CCCN6CCC2)CCC[N+]=5CCC4)c(C(=O)O)c1. The highest BCUT2D eigenvalue weighted by molar-refractivity contribution is 7.66. The molecule has 1 aromatic heterocycles. The van der Waals surface area contributed by atoms with Gasteiger partial charge in [-0.2, -0.15) is 13.6 Å². The summed E-state index contributed by atoms with van der Waals surface area (Å²) in [6.45, 7) is 2.76. The topological polar surface area (TPSA) is 332 Å². The normalized spacial score (nSPS) is 21.5. The Labute approximate surface area is 403 Å². The number of aliphatic hydroxyl groups excluding tert-OH is 1. The number of anilines is 2. The molecule has 1 fully saturated rings. The molecule has 0 spiro atoms. The number of hydrogen-bond acceptors (Lipinski definition) is 15. The molecule has 26 heteroatoms. The summed E-state index contributed by atoms with van der Waals surface area (Å²) in [6.07, 6.45) is 4.12. The minimum absolute atomic E-state index is 0.0239. The zero-order valence-electron chi connectivity index (χ0n) is 37.7. The van der Waals surface area contributed by atoms with E-state index in [0.29, 0.717) is 5.56 Å². The molecule has 6 aliphatic heterocycles. The number of aliphatic hydroxyl groups is 1. The quantitative estimate of drug-likeness (QED) is 0.0501. The van der Waals surface area contributed by atoms with Crippen molar-refractivity contribution in [2.75, 3.05) is 50.0 Å². The van der Waals surface area contributed by atoms with Gasteiger partial charge in [0.25, 0.3) is 5.91 Å². The molecule has 0 bridgehead atoms. The fourth-order valence-electron chi connectivity index (χ4n) is 10.6. The monoisotopic (exact) mass is 1040 g/mol. The van der Waals surface area contributed by atoms with Gasteiger partial charge in [-0.3, -0.25) is 13.9 Å². The van der Waals surface area contributed by atoms with Crippen molar-refractivity contribution < 1.29 is 75.7 Å². The van der Waals surface area contributed by atoms with Crippen LogP contribution in [0.1, 0.15) is 98.0 Å². The first-order valence-electron chi connectivity index (χ1n) is 22.8. The number of phosphoric ester groups is 1. The van der Waals surface area contributed by atoms with E-state index in [1.54, 1.807) is 12.1 Å². The van der Waals surface area contributed by atoms with Crippen LogP contribution in [0.3, 0.4) is 0 Å². The highest BCUT2D eigenvalue weighted by Crippen LogP contribution is 2.66. The van der Waals surface area contributed by atoms with Gasteiger partial charge in [0.05, 0.1) is 35.9 Å². The number of rotatable bonds is 12. The summed E-state index contributed by atoms with van der Waals surface area (Å²) in [5.74, 6) is 4.83. The van der Waals surface area contributed by atoms with E-state index in [0.717, 1.165) is 127 Å². The Morgan fingerprint density at radius 3 is 2.41 bits per heavy atom. The Kier molecular flexibility index (Phi) is 13.0. The van der Waals surface area contributed by atoms with Crippen molar-refractivity contribution in [2.24, 2.45) is 0 Å². The van der Waals surface area contributed by atoms with Crippen molar-refractivity contribution in [1.29, 1.82) is 0 Å². The van der Waals surface area contributed by atoms with Crippen LogP contribution < -0.4 is 41.5 Å². The number of nitrogens with zero attached hydrogens (tertiary/aromatic N) is 4. The van der Waals surface area contributed by atoms with Gasteiger partial charge in [-0.05, 0) is 73.9 Å². The van der Waals surface area contributed by atoms with Crippen molar-refractivity contribution in [3.8, 4) is 23.3 Å². The molecule has 374 valence electrons. The first-order valence-corrected chi connectivity index (χ1v) is 27.3.